The van der Waals surface area contributed by atoms with E-state index in [2.05, 4.69) is 240 Å². The zero-order valence-electron chi connectivity index (χ0n) is 30.8. The highest BCUT2D eigenvalue weighted by atomic mass is 15.1. The number of fused-ring (bicyclic) bond motifs is 4. The van der Waals surface area contributed by atoms with Crippen LogP contribution in [0, 0.1) is 0 Å². The van der Waals surface area contributed by atoms with Gasteiger partial charge >= 0.3 is 0 Å². The number of nitrogens with zero attached hydrogens (tertiary/aromatic N) is 2. The molecule has 10 rings (SSSR count). The van der Waals surface area contributed by atoms with Gasteiger partial charge < -0.3 is 9.80 Å². The molecular formula is C54H38N2. The van der Waals surface area contributed by atoms with E-state index in [4.69, 9.17) is 0 Å². The van der Waals surface area contributed by atoms with Gasteiger partial charge in [-0.2, -0.15) is 0 Å². The summed E-state index contributed by atoms with van der Waals surface area (Å²) in [4.78, 5) is 4.75. The lowest BCUT2D eigenvalue weighted by Gasteiger charge is -2.28. The molecule has 10 aromatic rings. The zero-order valence-corrected chi connectivity index (χ0v) is 30.8. The molecule has 0 atom stereocenters. The summed E-state index contributed by atoms with van der Waals surface area (Å²) in [5, 5.41) is 9.79. The topological polar surface area (TPSA) is 6.48 Å². The molecule has 0 N–H and O–H groups in total. The van der Waals surface area contributed by atoms with E-state index in [0.29, 0.717) is 0 Å². The summed E-state index contributed by atoms with van der Waals surface area (Å²) in [6.07, 6.45) is 4.39. The molecule has 0 saturated carbocycles. The second-order valence-electron chi connectivity index (χ2n) is 14.2. The van der Waals surface area contributed by atoms with Crippen molar-refractivity contribution in [2.45, 2.75) is 0 Å². The van der Waals surface area contributed by atoms with Crippen LogP contribution in [0.4, 0.5) is 34.1 Å². The van der Waals surface area contributed by atoms with Gasteiger partial charge in [0.15, 0.2) is 0 Å². The Labute approximate surface area is 327 Å². The Morgan fingerprint density at radius 3 is 1.07 bits per heavy atom. The summed E-state index contributed by atoms with van der Waals surface area (Å²) in [5.41, 5.74) is 9.08. The van der Waals surface area contributed by atoms with Gasteiger partial charge in [0.25, 0.3) is 0 Å². The van der Waals surface area contributed by atoms with Crippen LogP contribution in [0.15, 0.2) is 218 Å². The van der Waals surface area contributed by atoms with Crippen molar-refractivity contribution in [1.82, 2.24) is 0 Å². The summed E-state index contributed by atoms with van der Waals surface area (Å²) in [6.45, 7) is 0. The van der Waals surface area contributed by atoms with Crippen LogP contribution in [0.5, 0.6) is 0 Å². The molecule has 264 valence electrons. The highest BCUT2D eigenvalue weighted by molar-refractivity contribution is 6.04. The maximum atomic E-state index is 2.40. The molecule has 0 aliphatic heterocycles. The number of rotatable bonds is 8. The van der Waals surface area contributed by atoms with Crippen LogP contribution >= 0.6 is 0 Å². The van der Waals surface area contributed by atoms with Crippen molar-refractivity contribution < 1.29 is 0 Å². The molecule has 0 unspecified atom stereocenters. The molecule has 10 aromatic carbocycles. The van der Waals surface area contributed by atoms with Gasteiger partial charge in [-0.25, -0.2) is 0 Å². The minimum atomic E-state index is 1.11. The van der Waals surface area contributed by atoms with Crippen LogP contribution in [0.2, 0.25) is 0 Å². The Bertz CT molecular complexity index is 2860. The average molecular weight is 715 g/mol. The summed E-state index contributed by atoms with van der Waals surface area (Å²) >= 11 is 0. The smallest absolute Gasteiger partial charge is 0.0540 e. The summed E-state index contributed by atoms with van der Waals surface area (Å²) in [5.74, 6) is 0. The van der Waals surface area contributed by atoms with E-state index in [1.165, 1.54) is 43.1 Å². The molecule has 0 fully saturated rings. The van der Waals surface area contributed by atoms with Crippen LogP contribution in [-0.2, 0) is 0 Å². The molecule has 0 bridgehead atoms. The van der Waals surface area contributed by atoms with Crippen LogP contribution in [0.3, 0.4) is 0 Å². The molecular weight excluding hydrogens is 677 g/mol. The van der Waals surface area contributed by atoms with E-state index >= 15 is 0 Å². The number of hydrogen-bond acceptors (Lipinski definition) is 2. The third kappa shape index (κ3) is 6.34. The lowest BCUT2D eigenvalue weighted by Crippen LogP contribution is -2.11. The Morgan fingerprint density at radius 2 is 0.607 bits per heavy atom. The molecule has 0 saturated heterocycles. The quantitative estimate of drug-likeness (QED) is 0.145. The van der Waals surface area contributed by atoms with Crippen molar-refractivity contribution in [3.8, 4) is 0 Å². The monoisotopic (exact) mass is 714 g/mol. The molecule has 0 amide bonds. The van der Waals surface area contributed by atoms with Crippen LogP contribution in [0.1, 0.15) is 11.1 Å². The fourth-order valence-corrected chi connectivity index (χ4v) is 7.95. The number of hydrogen-bond donors (Lipinski definition) is 0. The molecule has 0 aliphatic rings. The highest BCUT2D eigenvalue weighted by Gasteiger charge is 2.18. The van der Waals surface area contributed by atoms with E-state index in [9.17, 15) is 0 Å². The maximum absolute atomic E-state index is 2.40. The van der Waals surface area contributed by atoms with Gasteiger partial charge in [-0.15, -0.1) is 0 Å². The standard InChI is InChI=1S/C54H38N2/c1-3-15-45-37-49(35-29-41(45)11-1)55(50-36-30-42-12-2-4-16-46(42)38-50)47-31-25-39(26-32-47)23-24-40-27-33-48(34-28-40)56(53-21-9-17-43-13-5-7-19-51(43)53)54-22-10-18-44-14-6-8-20-52(44)54/h1-38H/b24-23+. The fourth-order valence-electron chi connectivity index (χ4n) is 7.95. The summed E-state index contributed by atoms with van der Waals surface area (Å²) in [7, 11) is 0. The first-order valence-corrected chi connectivity index (χ1v) is 19.2. The van der Waals surface area contributed by atoms with Crippen LogP contribution in [-0.4, -0.2) is 0 Å². The number of anilines is 6. The first-order valence-electron chi connectivity index (χ1n) is 19.2. The van der Waals surface area contributed by atoms with Crippen molar-refractivity contribution in [2.75, 3.05) is 9.80 Å². The lowest BCUT2D eigenvalue weighted by atomic mass is 10.0. The van der Waals surface area contributed by atoms with Crippen molar-refractivity contribution >= 4 is 89.4 Å². The predicted octanol–water partition coefficient (Wildman–Crippen LogP) is 15.4. The van der Waals surface area contributed by atoms with Crippen molar-refractivity contribution in [3.05, 3.63) is 230 Å². The minimum absolute atomic E-state index is 1.11. The first-order chi connectivity index (χ1) is 27.7. The highest BCUT2D eigenvalue weighted by Crippen LogP contribution is 2.42. The van der Waals surface area contributed by atoms with Crippen molar-refractivity contribution in [2.24, 2.45) is 0 Å². The van der Waals surface area contributed by atoms with Gasteiger partial charge in [-0.05, 0) is 104 Å². The minimum Gasteiger partial charge on any atom is -0.310 e. The Balaban J connectivity index is 0.973. The fraction of sp³-hybridized carbons (Fsp3) is 0. The average Bonchev–Trinajstić information content (AvgIpc) is 3.27. The largest absolute Gasteiger partial charge is 0.310 e. The Kier molecular flexibility index (Phi) is 8.55. The first kappa shape index (κ1) is 33.2. The normalized spacial score (nSPS) is 11.5. The van der Waals surface area contributed by atoms with Gasteiger partial charge in [-0.3, -0.25) is 0 Å². The van der Waals surface area contributed by atoms with Crippen molar-refractivity contribution in [1.29, 1.82) is 0 Å². The predicted molar refractivity (Wildman–Crippen MR) is 241 cm³/mol. The van der Waals surface area contributed by atoms with Gasteiger partial charge in [0, 0.05) is 33.5 Å². The second kappa shape index (κ2) is 14.4. The molecule has 0 heterocycles. The molecule has 0 radical (unpaired) electrons. The van der Waals surface area contributed by atoms with E-state index in [-0.39, 0.29) is 0 Å². The second-order valence-corrected chi connectivity index (χ2v) is 14.2. The van der Waals surface area contributed by atoms with Crippen molar-refractivity contribution in [3.63, 3.8) is 0 Å². The van der Waals surface area contributed by atoms with Crippen LogP contribution in [0.25, 0.3) is 55.2 Å². The number of benzene rings is 10. The van der Waals surface area contributed by atoms with E-state index < -0.39 is 0 Å². The molecule has 56 heavy (non-hydrogen) atoms. The van der Waals surface area contributed by atoms with E-state index in [1.54, 1.807) is 0 Å². The molecule has 2 heteroatoms. The van der Waals surface area contributed by atoms with Crippen LogP contribution < -0.4 is 9.80 Å². The maximum Gasteiger partial charge on any atom is 0.0540 e. The molecule has 0 aromatic heterocycles. The molecule has 2 nitrogen and oxygen atoms in total. The van der Waals surface area contributed by atoms with Gasteiger partial charge in [0.2, 0.25) is 0 Å². The Hall–Kier alpha value is -7.42. The Morgan fingerprint density at radius 1 is 0.250 bits per heavy atom. The third-order valence-electron chi connectivity index (χ3n) is 10.8. The SMILES string of the molecule is C(=C\c1ccc(N(c2cccc3ccccc23)c2cccc3ccccc23)cc1)/c1ccc(N(c2ccc3ccccc3c2)c2ccc3ccccc3c2)cc1. The summed E-state index contributed by atoms with van der Waals surface area (Å²) < 4.78 is 0. The zero-order chi connectivity index (χ0) is 37.3. The third-order valence-corrected chi connectivity index (χ3v) is 10.8. The lowest BCUT2D eigenvalue weighted by molar-refractivity contribution is 1.29. The van der Waals surface area contributed by atoms with Gasteiger partial charge in [0.05, 0.1) is 11.4 Å². The van der Waals surface area contributed by atoms with E-state index in [0.717, 1.165) is 45.3 Å². The van der Waals surface area contributed by atoms with Gasteiger partial charge in [0.1, 0.15) is 0 Å². The summed E-state index contributed by atoms with van der Waals surface area (Å²) in [6, 6.07) is 78.7. The molecule has 0 spiro atoms. The van der Waals surface area contributed by atoms with Gasteiger partial charge in [-0.1, -0.05) is 170 Å². The van der Waals surface area contributed by atoms with E-state index in [1.807, 2.05) is 0 Å². The molecule has 0 aliphatic carbocycles.